The Labute approximate surface area is 170 Å². The van der Waals surface area contributed by atoms with Gasteiger partial charge in [-0.15, -0.1) is 0 Å². The molecule has 0 saturated carbocycles. The Morgan fingerprint density at radius 1 is 1.11 bits per heavy atom. The number of ketones is 3. The van der Waals surface area contributed by atoms with E-state index in [0.29, 0.717) is 0 Å². The van der Waals surface area contributed by atoms with Crippen LogP contribution in [0.5, 0.6) is 0 Å². The van der Waals surface area contributed by atoms with Gasteiger partial charge in [-0.1, -0.05) is 15.9 Å². The summed E-state index contributed by atoms with van der Waals surface area (Å²) in [7, 11) is 0. The molecule has 140 valence electrons. The van der Waals surface area contributed by atoms with Gasteiger partial charge >= 0.3 is 0 Å². The number of halogens is 2. The number of aliphatic hydroxyl groups excluding tert-OH is 1. The quantitative estimate of drug-likeness (QED) is 0.511. The van der Waals surface area contributed by atoms with Crippen LogP contribution in [0.1, 0.15) is 32.2 Å². The summed E-state index contributed by atoms with van der Waals surface area (Å²) in [5.41, 5.74) is -2.38. The molecule has 3 aliphatic rings. The van der Waals surface area contributed by atoms with E-state index in [4.69, 9.17) is 4.42 Å². The van der Waals surface area contributed by atoms with Crippen LogP contribution in [0.15, 0.2) is 31.6 Å². The van der Waals surface area contributed by atoms with Crippen molar-refractivity contribution in [3.05, 3.63) is 44.0 Å². The molecule has 1 N–H and O–H groups in total. The molecule has 0 spiro atoms. The van der Waals surface area contributed by atoms with Crippen molar-refractivity contribution in [2.24, 2.45) is 0 Å². The topological polar surface area (TPSA) is 115 Å². The number of rotatable bonds is 3. The van der Waals surface area contributed by atoms with E-state index in [0.717, 1.165) is 26.8 Å². The number of carbonyl (C=O) groups is 3. The summed E-state index contributed by atoms with van der Waals surface area (Å²) >= 11 is 6.27. The second-order valence-electron chi connectivity index (χ2n) is 6.28. The van der Waals surface area contributed by atoms with Crippen LogP contribution in [0, 0.1) is 0 Å². The highest BCUT2D eigenvalue weighted by molar-refractivity contribution is 9.10. The lowest BCUT2D eigenvalue weighted by Gasteiger charge is -2.43. The van der Waals surface area contributed by atoms with E-state index in [1.807, 2.05) is 0 Å². The normalized spacial score (nSPS) is 20.7. The van der Waals surface area contributed by atoms with Crippen LogP contribution in [-0.2, 0) is 19.8 Å². The van der Waals surface area contributed by atoms with Crippen molar-refractivity contribution in [2.75, 3.05) is 0 Å². The van der Waals surface area contributed by atoms with Crippen molar-refractivity contribution in [1.29, 1.82) is 0 Å². The molecule has 0 aromatic carbocycles. The maximum absolute atomic E-state index is 12.8. The number of nitrogens with zero attached hydrogens (tertiary/aromatic N) is 1. The predicted molar refractivity (Wildman–Crippen MR) is 103 cm³/mol. The molecule has 3 rings (SSSR count). The first-order chi connectivity index (χ1) is 12.5. The lowest BCUT2D eigenvalue weighted by molar-refractivity contribution is -0.139. The van der Waals surface area contributed by atoms with Crippen LogP contribution in [-0.4, -0.2) is 31.8 Å². The number of hydrogen-bond donors (Lipinski definition) is 1. The standard InChI is InChI=1S/C18H13Br2NO6/c1-7(22)17(8(2)23)16-14(6-15(26)18(17,20)9(3)24)27-13-5-12(25)10(19)4-11(13)21-16/h4-6,26H,1-3H3. The number of carbonyl (C=O) groups excluding carboxylic acids is 3. The van der Waals surface area contributed by atoms with Crippen molar-refractivity contribution in [3.8, 4) is 11.5 Å². The second kappa shape index (κ2) is 6.20. The van der Waals surface area contributed by atoms with Gasteiger partial charge in [-0.25, -0.2) is 4.98 Å². The van der Waals surface area contributed by atoms with Crippen LogP contribution in [0.3, 0.4) is 0 Å². The highest BCUT2D eigenvalue weighted by atomic mass is 79.9. The van der Waals surface area contributed by atoms with E-state index >= 15 is 0 Å². The van der Waals surface area contributed by atoms with Gasteiger partial charge in [-0.05, 0) is 42.8 Å². The molecule has 0 fully saturated rings. The zero-order valence-electron chi connectivity index (χ0n) is 14.4. The van der Waals surface area contributed by atoms with Gasteiger partial charge in [-0.2, -0.15) is 0 Å². The summed E-state index contributed by atoms with van der Waals surface area (Å²) < 4.78 is 3.87. The minimum absolute atomic E-state index is 0.0801. The predicted octanol–water partition coefficient (Wildman–Crippen LogP) is 2.95. The SMILES string of the molecule is CC(=O)C1(Br)C(O)=Cc2oc3cc(=O)c(Br)cc-3nc2C1(C(C)=O)C(C)=O. The zero-order valence-corrected chi connectivity index (χ0v) is 17.6. The molecule has 1 unspecified atom stereocenters. The second-order valence-corrected chi connectivity index (χ2v) is 8.33. The average molecular weight is 499 g/mol. The van der Waals surface area contributed by atoms with E-state index in [1.54, 1.807) is 0 Å². The first-order valence-electron chi connectivity index (χ1n) is 7.76. The number of benzene rings is 1. The van der Waals surface area contributed by atoms with Crippen molar-refractivity contribution in [1.82, 2.24) is 4.98 Å². The summed E-state index contributed by atoms with van der Waals surface area (Å²) in [4.78, 5) is 54.2. The molecule has 0 aromatic heterocycles. The molecule has 0 radical (unpaired) electrons. The van der Waals surface area contributed by atoms with E-state index in [1.165, 1.54) is 12.1 Å². The molecule has 1 heterocycles. The molecule has 0 aromatic rings. The zero-order chi connectivity index (χ0) is 20.3. The van der Waals surface area contributed by atoms with E-state index in [-0.39, 0.29) is 32.8 Å². The molecular formula is C18H13Br2NO6. The third kappa shape index (κ3) is 2.41. The monoisotopic (exact) mass is 497 g/mol. The van der Waals surface area contributed by atoms with Gasteiger partial charge in [0, 0.05) is 12.1 Å². The van der Waals surface area contributed by atoms with E-state index in [2.05, 4.69) is 36.8 Å². The number of hydrogen-bond acceptors (Lipinski definition) is 7. The number of allylic oxidation sites excluding steroid dienone is 1. The third-order valence-electron chi connectivity index (χ3n) is 4.73. The Morgan fingerprint density at radius 2 is 1.70 bits per heavy atom. The van der Waals surface area contributed by atoms with E-state index < -0.39 is 32.8 Å². The maximum Gasteiger partial charge on any atom is 0.196 e. The Bertz CT molecular complexity index is 1070. The Hall–Kier alpha value is -2.13. The Kier molecular flexibility index (Phi) is 4.51. The minimum atomic E-state index is -2.13. The number of Topliss-reactive ketones (excluding diaryl/α,β-unsaturated/α-hetero) is 3. The number of alkyl halides is 1. The largest absolute Gasteiger partial charge is 0.510 e. The highest BCUT2D eigenvalue weighted by Crippen LogP contribution is 2.52. The summed E-state index contributed by atoms with van der Waals surface area (Å²) in [5, 5.41) is 10.6. The Morgan fingerprint density at radius 3 is 2.22 bits per heavy atom. The lowest BCUT2D eigenvalue weighted by Crippen LogP contribution is -2.63. The number of aliphatic hydroxyl groups is 1. The van der Waals surface area contributed by atoms with Crippen molar-refractivity contribution < 1.29 is 23.9 Å². The molecule has 9 heteroatoms. The van der Waals surface area contributed by atoms with Crippen LogP contribution in [0.2, 0.25) is 0 Å². The van der Waals surface area contributed by atoms with Crippen LogP contribution < -0.4 is 5.43 Å². The summed E-state index contributed by atoms with van der Waals surface area (Å²) in [6.45, 7) is 3.44. The van der Waals surface area contributed by atoms with Gasteiger partial charge in [0.05, 0.1) is 4.47 Å². The molecular weight excluding hydrogens is 486 g/mol. The fourth-order valence-corrected chi connectivity index (χ4v) is 4.68. The van der Waals surface area contributed by atoms with Gasteiger partial charge in [-0.3, -0.25) is 19.2 Å². The van der Waals surface area contributed by atoms with Crippen LogP contribution >= 0.6 is 31.9 Å². The van der Waals surface area contributed by atoms with Gasteiger partial charge in [0.2, 0.25) is 0 Å². The van der Waals surface area contributed by atoms with Gasteiger partial charge in [0.25, 0.3) is 0 Å². The fourth-order valence-electron chi connectivity index (χ4n) is 3.49. The number of fused-ring (bicyclic) bond motifs is 2. The molecule has 0 bridgehead atoms. The average Bonchev–Trinajstić information content (AvgIpc) is 2.55. The Balaban J connectivity index is 2.56. The molecule has 2 aliphatic carbocycles. The van der Waals surface area contributed by atoms with Gasteiger partial charge in [0.15, 0.2) is 44.0 Å². The maximum atomic E-state index is 12.8. The van der Waals surface area contributed by atoms with Crippen LogP contribution in [0.4, 0.5) is 0 Å². The first kappa shape index (κ1) is 19.6. The smallest absolute Gasteiger partial charge is 0.196 e. The third-order valence-corrected chi connectivity index (χ3v) is 6.91. The summed E-state index contributed by atoms with van der Waals surface area (Å²) in [5.74, 6) is -2.56. The molecule has 7 nitrogen and oxygen atoms in total. The molecule has 0 amide bonds. The minimum Gasteiger partial charge on any atom is -0.510 e. The molecule has 1 atom stereocenters. The van der Waals surface area contributed by atoms with Crippen molar-refractivity contribution in [3.63, 3.8) is 0 Å². The van der Waals surface area contributed by atoms with Crippen molar-refractivity contribution in [2.45, 2.75) is 30.5 Å². The van der Waals surface area contributed by atoms with Crippen LogP contribution in [0.25, 0.3) is 17.5 Å². The fraction of sp³-hybridized carbons (Fsp3) is 0.278. The summed E-state index contributed by atoms with van der Waals surface area (Å²) in [6, 6.07) is 2.59. The van der Waals surface area contributed by atoms with Gasteiger partial charge in [0.1, 0.15) is 17.1 Å². The molecule has 1 aliphatic heterocycles. The first-order valence-corrected chi connectivity index (χ1v) is 9.34. The van der Waals surface area contributed by atoms with Gasteiger partial charge < -0.3 is 9.52 Å². The molecule has 27 heavy (non-hydrogen) atoms. The van der Waals surface area contributed by atoms with Crippen molar-refractivity contribution >= 4 is 55.3 Å². The lowest BCUT2D eigenvalue weighted by atomic mass is 9.62. The van der Waals surface area contributed by atoms with E-state index in [9.17, 15) is 24.3 Å². The summed E-state index contributed by atoms with van der Waals surface area (Å²) in [6.07, 6.45) is 1.12. The highest BCUT2D eigenvalue weighted by Gasteiger charge is 2.67. The molecule has 0 saturated heterocycles. The number of aromatic nitrogens is 1.